The van der Waals surface area contributed by atoms with Crippen LogP contribution in [0.25, 0.3) is 0 Å². The van der Waals surface area contributed by atoms with Gasteiger partial charge in [0.1, 0.15) is 11.8 Å². The molecule has 10 heteroatoms. The number of nitrogens with zero attached hydrogens (tertiary/aromatic N) is 2. The fourth-order valence-electron chi connectivity index (χ4n) is 3.24. The van der Waals surface area contributed by atoms with Crippen LogP contribution in [0.1, 0.15) is 32.8 Å². The molecule has 0 bridgehead atoms. The van der Waals surface area contributed by atoms with E-state index in [9.17, 15) is 19.7 Å². The number of nitrogens with one attached hydrogen (secondary N) is 1. The molecule has 0 heterocycles. The van der Waals surface area contributed by atoms with Crippen molar-refractivity contribution in [1.82, 2.24) is 10.2 Å². The Bertz CT molecular complexity index is 998. The van der Waals surface area contributed by atoms with Crippen molar-refractivity contribution < 1.29 is 24.0 Å². The van der Waals surface area contributed by atoms with Gasteiger partial charge in [-0.2, -0.15) is 0 Å². The van der Waals surface area contributed by atoms with E-state index in [-0.39, 0.29) is 42.3 Å². The molecule has 2 aromatic rings. The normalized spacial score (nSPS) is 11.6. The van der Waals surface area contributed by atoms with Crippen LogP contribution in [0.15, 0.2) is 42.5 Å². The number of methoxy groups -OCH3 is 1. The zero-order chi connectivity index (χ0) is 24.5. The van der Waals surface area contributed by atoms with E-state index in [1.54, 1.807) is 24.3 Å². The molecule has 0 saturated carbocycles. The molecule has 0 radical (unpaired) electrons. The smallest absolute Gasteiger partial charge is 0.311 e. The van der Waals surface area contributed by atoms with Crippen LogP contribution >= 0.6 is 11.6 Å². The van der Waals surface area contributed by atoms with Crippen molar-refractivity contribution in [2.45, 2.75) is 45.8 Å². The van der Waals surface area contributed by atoms with Crippen LogP contribution in [-0.4, -0.2) is 47.4 Å². The van der Waals surface area contributed by atoms with Gasteiger partial charge in [0.25, 0.3) is 5.91 Å². The molecule has 0 saturated heterocycles. The number of carbonyl (C=O) groups excluding carboxylic acids is 2. The average Bonchev–Trinajstić information content (AvgIpc) is 2.77. The Balaban J connectivity index is 2.26. The van der Waals surface area contributed by atoms with Crippen molar-refractivity contribution in [2.75, 3.05) is 13.7 Å². The first-order valence-corrected chi connectivity index (χ1v) is 10.8. The number of amides is 2. The SMILES string of the molecule is CC[C@H](C(=O)NC(C)C)N(Cc1ccccc1Cl)C(=O)COc1ccc([N+](=O)[O-])c(OC)c1. The van der Waals surface area contributed by atoms with E-state index < -0.39 is 16.9 Å². The maximum atomic E-state index is 13.2. The highest BCUT2D eigenvalue weighted by molar-refractivity contribution is 6.31. The van der Waals surface area contributed by atoms with Crippen molar-refractivity contribution in [3.8, 4) is 11.5 Å². The number of hydrogen-bond donors (Lipinski definition) is 1. The average molecular weight is 478 g/mol. The van der Waals surface area contributed by atoms with Gasteiger partial charge in [0.05, 0.1) is 12.0 Å². The largest absolute Gasteiger partial charge is 0.490 e. The Morgan fingerprint density at radius 2 is 1.91 bits per heavy atom. The van der Waals surface area contributed by atoms with Crippen LogP contribution in [0.5, 0.6) is 11.5 Å². The van der Waals surface area contributed by atoms with Crippen molar-refractivity contribution in [3.05, 3.63) is 63.2 Å². The zero-order valence-corrected chi connectivity index (χ0v) is 19.8. The third-order valence-corrected chi connectivity index (χ3v) is 5.19. The summed E-state index contributed by atoms with van der Waals surface area (Å²) in [7, 11) is 1.31. The molecule has 33 heavy (non-hydrogen) atoms. The molecule has 0 spiro atoms. The second-order valence-corrected chi connectivity index (χ2v) is 7.99. The minimum Gasteiger partial charge on any atom is -0.490 e. The highest BCUT2D eigenvalue weighted by Gasteiger charge is 2.30. The van der Waals surface area contributed by atoms with E-state index >= 15 is 0 Å². The molecule has 2 aromatic carbocycles. The standard InChI is InChI=1S/C23H28ClN3O6/c1-5-19(23(29)25-15(2)3)26(13-16-8-6-7-9-18(16)24)22(28)14-33-17-10-11-20(27(30)31)21(12-17)32-4/h6-12,15,19H,5,13-14H2,1-4H3,(H,25,29)/t19-/m1/s1. The Morgan fingerprint density at radius 3 is 2.48 bits per heavy atom. The molecule has 2 rings (SSSR count). The van der Waals surface area contributed by atoms with E-state index in [1.807, 2.05) is 20.8 Å². The molecule has 0 unspecified atom stereocenters. The fraction of sp³-hybridized carbons (Fsp3) is 0.391. The van der Waals surface area contributed by atoms with E-state index in [1.165, 1.54) is 30.2 Å². The number of benzene rings is 2. The summed E-state index contributed by atoms with van der Waals surface area (Å²) in [5, 5.41) is 14.4. The van der Waals surface area contributed by atoms with E-state index in [4.69, 9.17) is 21.1 Å². The van der Waals surface area contributed by atoms with E-state index in [0.29, 0.717) is 17.0 Å². The van der Waals surface area contributed by atoms with Gasteiger partial charge in [-0.3, -0.25) is 19.7 Å². The molecular weight excluding hydrogens is 450 g/mol. The van der Waals surface area contributed by atoms with Crippen molar-refractivity contribution in [1.29, 1.82) is 0 Å². The molecule has 0 aromatic heterocycles. The molecule has 9 nitrogen and oxygen atoms in total. The first-order valence-electron chi connectivity index (χ1n) is 10.5. The van der Waals surface area contributed by atoms with Gasteiger partial charge >= 0.3 is 5.69 Å². The number of rotatable bonds is 11. The first kappa shape index (κ1) is 25.9. The van der Waals surface area contributed by atoms with Gasteiger partial charge in [-0.1, -0.05) is 36.7 Å². The summed E-state index contributed by atoms with van der Waals surface area (Å²) in [5.74, 6) is -0.466. The predicted molar refractivity (Wildman–Crippen MR) is 125 cm³/mol. The number of ether oxygens (including phenoxy) is 2. The van der Waals surface area contributed by atoms with E-state index in [0.717, 1.165) is 0 Å². The number of hydrogen-bond acceptors (Lipinski definition) is 6. The van der Waals surface area contributed by atoms with Gasteiger partial charge in [-0.15, -0.1) is 0 Å². The third-order valence-electron chi connectivity index (χ3n) is 4.83. The highest BCUT2D eigenvalue weighted by atomic mass is 35.5. The predicted octanol–water partition coefficient (Wildman–Crippen LogP) is 3.97. The lowest BCUT2D eigenvalue weighted by atomic mass is 10.1. The van der Waals surface area contributed by atoms with E-state index in [2.05, 4.69) is 5.32 Å². The fourth-order valence-corrected chi connectivity index (χ4v) is 3.43. The number of nitro groups is 1. The molecule has 0 aliphatic rings. The second kappa shape index (κ2) is 12.1. The zero-order valence-electron chi connectivity index (χ0n) is 19.0. The maximum Gasteiger partial charge on any atom is 0.311 e. The summed E-state index contributed by atoms with van der Waals surface area (Å²) in [6.07, 6.45) is 0.389. The quantitative estimate of drug-likeness (QED) is 0.387. The summed E-state index contributed by atoms with van der Waals surface area (Å²) in [4.78, 5) is 37.9. The molecule has 1 atom stereocenters. The van der Waals surface area contributed by atoms with Crippen molar-refractivity contribution in [2.24, 2.45) is 0 Å². The lowest BCUT2D eigenvalue weighted by molar-refractivity contribution is -0.385. The minimum absolute atomic E-state index is 0.0145. The number of carbonyl (C=O) groups is 2. The second-order valence-electron chi connectivity index (χ2n) is 7.58. The van der Waals surface area contributed by atoms with Crippen LogP contribution in [0.4, 0.5) is 5.69 Å². The summed E-state index contributed by atoms with van der Waals surface area (Å²) in [6.45, 7) is 5.25. The van der Waals surface area contributed by atoms with Gasteiger partial charge in [0, 0.05) is 29.7 Å². The lowest BCUT2D eigenvalue weighted by Gasteiger charge is -2.31. The highest BCUT2D eigenvalue weighted by Crippen LogP contribution is 2.31. The van der Waals surface area contributed by atoms with Gasteiger partial charge in [-0.25, -0.2) is 0 Å². The summed E-state index contributed by atoms with van der Waals surface area (Å²) >= 11 is 6.29. The summed E-state index contributed by atoms with van der Waals surface area (Å²) in [6, 6.07) is 10.2. The maximum absolute atomic E-state index is 13.2. The topological polar surface area (TPSA) is 111 Å². The Kier molecular flexibility index (Phi) is 9.47. The third kappa shape index (κ3) is 7.08. The van der Waals surface area contributed by atoms with Crippen LogP contribution in [0.3, 0.4) is 0 Å². The molecular formula is C23H28ClN3O6. The Hall–Kier alpha value is -3.33. The molecule has 0 fully saturated rings. The minimum atomic E-state index is -0.730. The Labute approximate surface area is 197 Å². The van der Waals surface area contributed by atoms with Gasteiger partial charge in [-0.05, 0) is 38.0 Å². The molecule has 0 aliphatic carbocycles. The summed E-state index contributed by atoms with van der Waals surface area (Å²) < 4.78 is 10.6. The number of nitro benzene ring substituents is 1. The number of halogens is 1. The van der Waals surface area contributed by atoms with Gasteiger partial charge in [0.15, 0.2) is 6.61 Å². The lowest BCUT2D eigenvalue weighted by Crippen LogP contribution is -2.51. The van der Waals surface area contributed by atoms with Gasteiger partial charge < -0.3 is 19.7 Å². The van der Waals surface area contributed by atoms with Crippen molar-refractivity contribution >= 4 is 29.1 Å². The van der Waals surface area contributed by atoms with Gasteiger partial charge in [0.2, 0.25) is 11.7 Å². The molecule has 0 aliphatic heterocycles. The molecule has 178 valence electrons. The molecule has 1 N–H and O–H groups in total. The van der Waals surface area contributed by atoms with Crippen LogP contribution in [-0.2, 0) is 16.1 Å². The monoisotopic (exact) mass is 477 g/mol. The van der Waals surface area contributed by atoms with Crippen LogP contribution < -0.4 is 14.8 Å². The van der Waals surface area contributed by atoms with Crippen molar-refractivity contribution in [3.63, 3.8) is 0 Å². The summed E-state index contributed by atoms with van der Waals surface area (Å²) in [5.41, 5.74) is 0.480. The Morgan fingerprint density at radius 1 is 1.21 bits per heavy atom. The molecule has 2 amide bonds. The first-order chi connectivity index (χ1) is 15.7. The van der Waals surface area contributed by atoms with Crippen LogP contribution in [0, 0.1) is 10.1 Å². The van der Waals surface area contributed by atoms with Crippen LogP contribution in [0.2, 0.25) is 5.02 Å².